The van der Waals surface area contributed by atoms with Crippen molar-refractivity contribution in [2.75, 3.05) is 6.26 Å². The molecule has 1 saturated carbocycles. The van der Waals surface area contributed by atoms with E-state index in [1.54, 1.807) is 12.3 Å². The van der Waals surface area contributed by atoms with Crippen LogP contribution < -0.4 is 0 Å². The number of sulfone groups is 1. The molecule has 9 nitrogen and oxygen atoms in total. The second-order valence-electron chi connectivity index (χ2n) is 9.83. The summed E-state index contributed by atoms with van der Waals surface area (Å²) in [5.74, 6) is -1.13. The molecule has 4 aromatic rings. The van der Waals surface area contributed by atoms with Crippen molar-refractivity contribution in [1.82, 2.24) is 34.9 Å². The van der Waals surface area contributed by atoms with Gasteiger partial charge in [-0.15, -0.1) is 10.2 Å². The molecule has 2 aliphatic rings. The smallest absolute Gasteiger partial charge is 0.221 e. The molecule has 1 fully saturated rings. The van der Waals surface area contributed by atoms with Crippen molar-refractivity contribution in [3.63, 3.8) is 0 Å². The Kier molecular flexibility index (Phi) is 4.69. The van der Waals surface area contributed by atoms with E-state index in [0.29, 0.717) is 5.69 Å². The van der Waals surface area contributed by atoms with Crippen LogP contribution in [0.1, 0.15) is 49.6 Å². The number of hydrogen-bond acceptors (Lipinski definition) is 8. The summed E-state index contributed by atoms with van der Waals surface area (Å²) in [7, 11) is -3.59. The maximum atomic E-state index is 14.5. The molecule has 0 saturated heterocycles. The van der Waals surface area contributed by atoms with Crippen LogP contribution >= 0.6 is 0 Å². The average Bonchev–Trinajstić information content (AvgIpc) is 3.48. The number of halogens is 2. The number of rotatable bonds is 4. The van der Waals surface area contributed by atoms with Gasteiger partial charge < -0.3 is 0 Å². The quantitative estimate of drug-likeness (QED) is 0.411. The van der Waals surface area contributed by atoms with Crippen LogP contribution in [0.25, 0.3) is 17.2 Å². The zero-order chi connectivity index (χ0) is 25.5. The van der Waals surface area contributed by atoms with Gasteiger partial charge in [-0.3, -0.25) is 0 Å². The van der Waals surface area contributed by atoms with Gasteiger partial charge in [0, 0.05) is 12.5 Å². The zero-order valence-electron chi connectivity index (χ0n) is 19.6. The third-order valence-electron chi connectivity index (χ3n) is 7.69. The Balaban J connectivity index is 1.49. The highest BCUT2D eigenvalue weighted by Crippen LogP contribution is 2.69. The summed E-state index contributed by atoms with van der Waals surface area (Å²) >= 11 is 0. The molecule has 0 N–H and O–H groups in total. The topological polar surface area (TPSA) is 116 Å². The molecule has 3 heterocycles. The molecule has 2 atom stereocenters. The van der Waals surface area contributed by atoms with E-state index in [0.717, 1.165) is 30.4 Å². The van der Waals surface area contributed by atoms with Crippen LogP contribution in [0.2, 0.25) is 0 Å². The third-order valence-corrected chi connectivity index (χ3v) is 8.54. The normalized spacial score (nSPS) is 22.1. The minimum Gasteiger partial charge on any atom is -0.221 e. The first kappa shape index (κ1) is 22.8. The van der Waals surface area contributed by atoms with Crippen LogP contribution in [0, 0.1) is 17.0 Å². The Morgan fingerprint density at radius 1 is 1.08 bits per heavy atom. The Bertz CT molecular complexity index is 1630. The lowest BCUT2D eigenvalue weighted by Gasteiger charge is -2.37. The van der Waals surface area contributed by atoms with E-state index in [2.05, 4.69) is 39.1 Å². The van der Waals surface area contributed by atoms with E-state index in [-0.39, 0.29) is 33.7 Å². The summed E-state index contributed by atoms with van der Waals surface area (Å²) in [5, 5.41) is 12.5. The van der Waals surface area contributed by atoms with Crippen LogP contribution in [-0.2, 0) is 15.3 Å². The van der Waals surface area contributed by atoms with Crippen LogP contribution in [0.3, 0.4) is 0 Å². The van der Waals surface area contributed by atoms with Crippen molar-refractivity contribution in [2.45, 2.75) is 43.2 Å². The van der Waals surface area contributed by atoms with Gasteiger partial charge in [0.05, 0.1) is 28.1 Å². The first-order valence-corrected chi connectivity index (χ1v) is 13.2. The van der Waals surface area contributed by atoms with Crippen LogP contribution in [0.15, 0.2) is 48.0 Å². The van der Waals surface area contributed by atoms with Gasteiger partial charge >= 0.3 is 0 Å². The molecule has 0 aliphatic heterocycles. The minimum absolute atomic E-state index is 0.0817. The summed E-state index contributed by atoms with van der Waals surface area (Å²) < 4.78 is 53.8. The number of fused-ring (bicyclic) bond motifs is 5. The van der Waals surface area contributed by atoms with Gasteiger partial charge in [0.15, 0.2) is 0 Å². The fourth-order valence-electron chi connectivity index (χ4n) is 5.97. The largest absolute Gasteiger partial charge is 0.267 e. The molecule has 0 radical (unpaired) electrons. The second-order valence-corrected chi connectivity index (χ2v) is 11.7. The Morgan fingerprint density at radius 2 is 1.83 bits per heavy atom. The summed E-state index contributed by atoms with van der Waals surface area (Å²) in [5.41, 5.74) is 1.33. The number of nitrogens with zero attached hydrogens (tertiary/aromatic N) is 7. The SMILES string of the molecule is CC1(C)[C@H]2CC[C@]1(c1ccnc(-n3cnc(S(C)(=O)=O)n3)n1)c1nnc(-c3c(F)cccc3F)cc12. The summed E-state index contributed by atoms with van der Waals surface area (Å²) in [4.78, 5) is 12.9. The maximum Gasteiger partial charge on any atom is 0.267 e. The van der Waals surface area contributed by atoms with Gasteiger partial charge in [-0.25, -0.2) is 32.2 Å². The fraction of sp³-hybridized carbons (Fsp3) is 0.333. The highest BCUT2D eigenvalue weighted by molar-refractivity contribution is 7.90. The van der Waals surface area contributed by atoms with Crippen LogP contribution in [0.5, 0.6) is 0 Å². The summed E-state index contributed by atoms with van der Waals surface area (Å²) in [6.45, 7) is 4.27. The summed E-state index contributed by atoms with van der Waals surface area (Å²) in [6.07, 6.45) is 5.47. The molecule has 2 bridgehead atoms. The lowest BCUT2D eigenvalue weighted by atomic mass is 9.66. The van der Waals surface area contributed by atoms with E-state index in [1.807, 2.05) is 6.07 Å². The first-order chi connectivity index (χ1) is 17.0. The van der Waals surface area contributed by atoms with E-state index in [4.69, 9.17) is 4.98 Å². The first-order valence-electron chi connectivity index (χ1n) is 11.3. The number of aromatic nitrogens is 7. The minimum atomic E-state index is -3.59. The van der Waals surface area contributed by atoms with Gasteiger partial charge in [-0.1, -0.05) is 19.9 Å². The van der Waals surface area contributed by atoms with E-state index in [1.165, 1.54) is 29.2 Å². The molecular formula is C24H21F2N7O2S. The van der Waals surface area contributed by atoms with Crippen molar-refractivity contribution in [3.05, 3.63) is 71.4 Å². The molecule has 12 heteroatoms. The molecule has 1 aromatic carbocycles. The molecule has 0 unspecified atom stereocenters. The average molecular weight is 510 g/mol. The zero-order valence-corrected chi connectivity index (χ0v) is 20.5. The van der Waals surface area contributed by atoms with Gasteiger partial charge in [-0.2, -0.15) is 9.78 Å². The molecule has 184 valence electrons. The predicted octanol–water partition coefficient (Wildman–Crippen LogP) is 3.40. The standard InChI is InChI=1S/C24H21F2N7O2S/c1-23(2)14-7-9-24(23,18-8-10-27-21(29-18)33-12-28-22(32-33)36(3,34)35)20-13(14)11-17(30-31-20)19-15(25)5-4-6-16(19)26/h4-6,8,10-12,14H,7,9H2,1-3H3/t14-,24-/m0/s1. The predicted molar refractivity (Wildman–Crippen MR) is 124 cm³/mol. The highest BCUT2D eigenvalue weighted by Gasteiger charge is 2.65. The third kappa shape index (κ3) is 3.00. The van der Waals surface area contributed by atoms with Crippen molar-refractivity contribution < 1.29 is 17.2 Å². The molecule has 2 aliphatic carbocycles. The monoisotopic (exact) mass is 509 g/mol. The summed E-state index contributed by atoms with van der Waals surface area (Å²) in [6, 6.07) is 7.27. The number of hydrogen-bond donors (Lipinski definition) is 0. The number of benzene rings is 1. The van der Waals surface area contributed by atoms with E-state index < -0.39 is 26.9 Å². The van der Waals surface area contributed by atoms with Gasteiger partial charge in [0.2, 0.25) is 9.84 Å². The lowest BCUT2D eigenvalue weighted by Crippen LogP contribution is -2.38. The molecule has 0 spiro atoms. The van der Waals surface area contributed by atoms with E-state index in [9.17, 15) is 17.2 Å². The highest BCUT2D eigenvalue weighted by atomic mass is 32.2. The second kappa shape index (κ2) is 7.42. The van der Waals surface area contributed by atoms with Gasteiger partial charge in [0.1, 0.15) is 18.0 Å². The lowest BCUT2D eigenvalue weighted by molar-refractivity contribution is 0.242. The molecule has 0 amide bonds. The Morgan fingerprint density at radius 3 is 2.53 bits per heavy atom. The van der Waals surface area contributed by atoms with Crippen molar-refractivity contribution in [2.24, 2.45) is 5.41 Å². The molecule has 36 heavy (non-hydrogen) atoms. The van der Waals surface area contributed by atoms with Crippen molar-refractivity contribution in [1.29, 1.82) is 0 Å². The fourth-order valence-corrected chi connectivity index (χ4v) is 6.44. The van der Waals surface area contributed by atoms with Crippen LogP contribution in [-0.4, -0.2) is 49.6 Å². The molecule has 6 rings (SSSR count). The van der Waals surface area contributed by atoms with Crippen molar-refractivity contribution in [3.8, 4) is 17.2 Å². The maximum absolute atomic E-state index is 14.5. The molecular weight excluding hydrogens is 488 g/mol. The van der Waals surface area contributed by atoms with Gasteiger partial charge in [-0.05, 0) is 54.0 Å². The Labute approximate surface area is 205 Å². The van der Waals surface area contributed by atoms with Crippen LogP contribution in [0.4, 0.5) is 8.78 Å². The van der Waals surface area contributed by atoms with E-state index >= 15 is 0 Å². The Hall–Kier alpha value is -3.67. The molecule has 3 aromatic heterocycles. The van der Waals surface area contributed by atoms with Crippen molar-refractivity contribution >= 4 is 9.84 Å². The van der Waals surface area contributed by atoms with Gasteiger partial charge in [0.25, 0.3) is 11.1 Å².